The molecule has 3 amide bonds. The van der Waals surface area contributed by atoms with Crippen molar-refractivity contribution in [2.75, 3.05) is 20.1 Å². The molecule has 4 N–H and O–H groups in total. The van der Waals surface area contributed by atoms with Gasteiger partial charge in [0.05, 0.1) is 17.1 Å². The molecule has 0 radical (unpaired) electrons. The maximum Gasteiger partial charge on any atom is 0.337 e. The van der Waals surface area contributed by atoms with Crippen molar-refractivity contribution < 1.29 is 14.7 Å². The smallest absolute Gasteiger partial charge is 0.337 e. The van der Waals surface area contributed by atoms with Gasteiger partial charge in [0.25, 0.3) is 0 Å². The first-order valence-corrected chi connectivity index (χ1v) is 11.6. The molecule has 0 aliphatic carbocycles. The molecule has 2 aliphatic heterocycles. The molecule has 2 bridgehead atoms. The van der Waals surface area contributed by atoms with E-state index in [1.54, 1.807) is 17.7 Å². The summed E-state index contributed by atoms with van der Waals surface area (Å²) in [6, 6.07) is 6.80. The molecule has 0 unspecified atom stereocenters. The van der Waals surface area contributed by atoms with E-state index in [1.165, 1.54) is 9.47 Å². The molecule has 1 aromatic heterocycles. The summed E-state index contributed by atoms with van der Waals surface area (Å²) >= 11 is 0. The number of amides is 3. The highest BCUT2D eigenvalue weighted by Gasteiger charge is 2.42. The Labute approximate surface area is 192 Å². The van der Waals surface area contributed by atoms with Crippen molar-refractivity contribution in [3.05, 3.63) is 34.7 Å². The summed E-state index contributed by atoms with van der Waals surface area (Å²) in [6.07, 6.45) is 2.85. The highest BCUT2D eigenvalue weighted by molar-refractivity contribution is 5.89. The molecular formula is C23H34N6O4. The van der Waals surface area contributed by atoms with Crippen molar-refractivity contribution in [1.29, 1.82) is 0 Å². The third-order valence-electron chi connectivity index (χ3n) is 6.99. The molecule has 2 aliphatic rings. The van der Waals surface area contributed by atoms with Gasteiger partial charge in [-0.25, -0.2) is 19.0 Å². The van der Waals surface area contributed by atoms with Gasteiger partial charge in [-0.15, -0.1) is 0 Å². The number of nitrogens with one attached hydrogen (secondary N) is 1. The molecule has 2 saturated heterocycles. The Hall–Kier alpha value is -2.85. The van der Waals surface area contributed by atoms with Crippen molar-refractivity contribution in [3.63, 3.8) is 0 Å². The first-order valence-electron chi connectivity index (χ1n) is 11.6. The average Bonchev–Trinajstić information content (AvgIpc) is 3.16. The van der Waals surface area contributed by atoms with Crippen LogP contribution < -0.4 is 16.7 Å². The zero-order valence-corrected chi connectivity index (χ0v) is 19.5. The number of carbonyl (C=O) groups is 2. The summed E-state index contributed by atoms with van der Waals surface area (Å²) in [5.41, 5.74) is 6.28. The molecule has 3 heterocycles. The Bertz CT molecular complexity index is 1080. The predicted octanol–water partition coefficient (Wildman–Crippen LogP) is 1.31. The van der Waals surface area contributed by atoms with Gasteiger partial charge in [-0.05, 0) is 51.7 Å². The third kappa shape index (κ3) is 4.49. The van der Waals surface area contributed by atoms with Crippen LogP contribution in [0.25, 0.3) is 11.0 Å². The zero-order chi connectivity index (χ0) is 23.9. The van der Waals surface area contributed by atoms with Gasteiger partial charge >= 0.3 is 17.8 Å². The number of aliphatic hydroxyl groups is 1. The number of urea groups is 1. The highest BCUT2D eigenvalue weighted by Crippen LogP contribution is 2.36. The molecular weight excluding hydrogens is 424 g/mol. The van der Waals surface area contributed by atoms with E-state index in [0.717, 1.165) is 31.2 Å². The number of piperidine rings is 1. The number of imidazole rings is 1. The molecule has 0 spiro atoms. The second-order valence-electron chi connectivity index (χ2n) is 9.64. The van der Waals surface area contributed by atoms with Crippen molar-refractivity contribution in [1.82, 2.24) is 24.3 Å². The summed E-state index contributed by atoms with van der Waals surface area (Å²) < 4.78 is 2.89. The van der Waals surface area contributed by atoms with E-state index in [1.807, 2.05) is 32.0 Å². The minimum absolute atomic E-state index is 0.0373. The van der Waals surface area contributed by atoms with Crippen LogP contribution in [0, 0.1) is 0 Å². The van der Waals surface area contributed by atoms with E-state index in [4.69, 9.17) is 5.73 Å². The minimum Gasteiger partial charge on any atom is -0.390 e. The lowest BCUT2D eigenvalue weighted by Crippen LogP contribution is -2.54. The maximum atomic E-state index is 13.2. The van der Waals surface area contributed by atoms with Crippen LogP contribution in [0.15, 0.2) is 29.1 Å². The Morgan fingerprint density at radius 1 is 1.18 bits per heavy atom. The largest absolute Gasteiger partial charge is 0.390 e. The molecule has 2 aromatic rings. The Morgan fingerprint density at radius 3 is 2.36 bits per heavy atom. The van der Waals surface area contributed by atoms with E-state index in [-0.39, 0.29) is 36.4 Å². The Morgan fingerprint density at radius 2 is 1.79 bits per heavy atom. The van der Waals surface area contributed by atoms with Crippen LogP contribution in [0.5, 0.6) is 0 Å². The lowest BCUT2D eigenvalue weighted by Gasteiger charge is -2.40. The van der Waals surface area contributed by atoms with Gasteiger partial charge < -0.3 is 21.1 Å². The van der Waals surface area contributed by atoms with Crippen LogP contribution in [-0.2, 0) is 0 Å². The van der Waals surface area contributed by atoms with Gasteiger partial charge in [0.2, 0.25) is 0 Å². The molecule has 2 fully saturated rings. The van der Waals surface area contributed by atoms with E-state index in [0.29, 0.717) is 12.1 Å². The van der Waals surface area contributed by atoms with Gasteiger partial charge in [-0.2, -0.15) is 0 Å². The number of aliphatic hydroxyl groups excluding tert-OH is 1. The van der Waals surface area contributed by atoms with E-state index in [2.05, 4.69) is 10.2 Å². The number of primary amides is 1. The molecule has 1 aromatic carbocycles. The second kappa shape index (κ2) is 9.18. The molecule has 4 atom stereocenters. The molecule has 180 valence electrons. The summed E-state index contributed by atoms with van der Waals surface area (Å²) in [5, 5.41) is 13.5. The molecule has 0 saturated carbocycles. The van der Waals surface area contributed by atoms with Crippen molar-refractivity contribution in [2.24, 2.45) is 5.73 Å². The Kier molecular flexibility index (Phi) is 6.49. The molecule has 33 heavy (non-hydrogen) atoms. The van der Waals surface area contributed by atoms with Crippen molar-refractivity contribution >= 4 is 23.1 Å². The predicted molar refractivity (Wildman–Crippen MR) is 125 cm³/mol. The normalized spacial score (nSPS) is 23.7. The summed E-state index contributed by atoms with van der Waals surface area (Å²) in [5.74, 6) is 0. The minimum atomic E-state index is -0.683. The van der Waals surface area contributed by atoms with Crippen LogP contribution in [0.4, 0.5) is 9.59 Å². The van der Waals surface area contributed by atoms with E-state index in [9.17, 15) is 19.5 Å². The summed E-state index contributed by atoms with van der Waals surface area (Å²) in [7, 11) is 1.57. The van der Waals surface area contributed by atoms with Crippen LogP contribution in [0.3, 0.4) is 0 Å². The third-order valence-corrected chi connectivity index (χ3v) is 6.99. The maximum absolute atomic E-state index is 13.2. The highest BCUT2D eigenvalue weighted by atomic mass is 16.3. The number of likely N-dealkylation sites (N-methyl/N-ethyl adjacent to an activating group) is 1. The first-order chi connectivity index (χ1) is 15.7. The Balaban J connectivity index is 1.44. The fourth-order valence-electron chi connectivity index (χ4n) is 5.50. The molecule has 4 rings (SSSR count). The van der Waals surface area contributed by atoms with Crippen LogP contribution >= 0.6 is 0 Å². The lowest BCUT2D eigenvalue weighted by molar-refractivity contribution is 0.0433. The quantitative estimate of drug-likeness (QED) is 0.602. The number of fused-ring (bicyclic) bond motifs is 3. The fourth-order valence-corrected chi connectivity index (χ4v) is 5.50. The average molecular weight is 459 g/mol. The van der Waals surface area contributed by atoms with Gasteiger partial charge in [0, 0.05) is 44.3 Å². The SMILES string of the molecule is CC(C)n1c(=O)n(C(=O)N[C@@H]2C[C@H]3CC[C@@H](C2)N3C[C@@H](O)CN(C)C(N)=O)c2ccccc21. The van der Waals surface area contributed by atoms with Crippen molar-refractivity contribution in [2.45, 2.75) is 69.8 Å². The molecule has 10 nitrogen and oxygen atoms in total. The van der Waals surface area contributed by atoms with E-state index >= 15 is 0 Å². The summed E-state index contributed by atoms with van der Waals surface area (Å²) in [4.78, 5) is 41.1. The van der Waals surface area contributed by atoms with Crippen LogP contribution in [0.2, 0.25) is 0 Å². The number of para-hydroxylation sites is 2. The standard InChI is InChI=1S/C23H34N6O4/c1-14(2)28-19-6-4-5-7-20(19)29(23(28)33)22(32)25-15-10-16-8-9-17(11-15)27(16)13-18(30)12-26(3)21(24)31/h4-7,14-18,30H,8-13H2,1-3H3,(H2,24,31)(H,25,32)/t15-,16-,17+,18-/m0/s1. The van der Waals surface area contributed by atoms with Crippen molar-refractivity contribution in [3.8, 4) is 0 Å². The second-order valence-corrected chi connectivity index (χ2v) is 9.64. The van der Waals surface area contributed by atoms with Gasteiger partial charge in [0.1, 0.15) is 0 Å². The topological polar surface area (TPSA) is 126 Å². The number of carbonyl (C=O) groups excluding carboxylic acids is 2. The number of aromatic nitrogens is 2. The van der Waals surface area contributed by atoms with Crippen LogP contribution in [-0.4, -0.2) is 80.5 Å². The number of nitrogens with zero attached hydrogens (tertiary/aromatic N) is 4. The molecule has 10 heteroatoms. The fraction of sp³-hybridized carbons (Fsp3) is 0.609. The number of hydrogen-bond acceptors (Lipinski definition) is 5. The number of benzene rings is 1. The monoisotopic (exact) mass is 458 g/mol. The van der Waals surface area contributed by atoms with Gasteiger partial charge in [-0.3, -0.25) is 9.47 Å². The zero-order valence-electron chi connectivity index (χ0n) is 19.5. The van der Waals surface area contributed by atoms with Gasteiger partial charge in [0.15, 0.2) is 0 Å². The van der Waals surface area contributed by atoms with E-state index < -0.39 is 18.2 Å². The first kappa shape index (κ1) is 23.3. The number of hydrogen-bond donors (Lipinski definition) is 3. The van der Waals surface area contributed by atoms with Gasteiger partial charge in [-0.1, -0.05) is 12.1 Å². The summed E-state index contributed by atoms with van der Waals surface area (Å²) in [6.45, 7) is 4.52. The van der Waals surface area contributed by atoms with Crippen LogP contribution in [0.1, 0.15) is 45.6 Å². The number of rotatable bonds is 6. The lowest BCUT2D eigenvalue weighted by atomic mass is 9.97. The number of nitrogens with two attached hydrogens (primary N) is 1.